The quantitative estimate of drug-likeness (QED) is 0.795. The van der Waals surface area contributed by atoms with Gasteiger partial charge < -0.3 is 10.8 Å². The molecule has 0 heterocycles. The molecule has 0 radical (unpaired) electrons. The van der Waals surface area contributed by atoms with E-state index in [1.54, 1.807) is 0 Å². The van der Waals surface area contributed by atoms with Gasteiger partial charge in [0.2, 0.25) is 0 Å². The highest BCUT2D eigenvalue weighted by Gasteiger charge is 2.38. The molecule has 0 aliphatic heterocycles. The van der Waals surface area contributed by atoms with Gasteiger partial charge in [0.05, 0.1) is 0 Å². The van der Waals surface area contributed by atoms with Crippen LogP contribution in [0.4, 0.5) is 0 Å². The molecule has 1 unspecified atom stereocenters. The Morgan fingerprint density at radius 1 is 1.35 bits per heavy atom. The van der Waals surface area contributed by atoms with E-state index in [0.717, 1.165) is 12.0 Å². The van der Waals surface area contributed by atoms with Crippen molar-refractivity contribution in [2.24, 2.45) is 11.7 Å². The maximum absolute atomic E-state index is 11.6. The Labute approximate surface area is 103 Å². The van der Waals surface area contributed by atoms with Crippen LogP contribution in [0.1, 0.15) is 32.3 Å². The number of hydrogen-bond acceptors (Lipinski definition) is 2. The van der Waals surface area contributed by atoms with Gasteiger partial charge in [0, 0.05) is 6.54 Å². The fourth-order valence-corrected chi connectivity index (χ4v) is 1.97. The monoisotopic (exact) mass is 235 g/mol. The molecule has 0 saturated carbocycles. The van der Waals surface area contributed by atoms with Crippen LogP contribution in [0.2, 0.25) is 0 Å². The fourth-order valence-electron chi connectivity index (χ4n) is 1.97. The van der Waals surface area contributed by atoms with Crippen molar-refractivity contribution in [2.75, 3.05) is 6.54 Å². The summed E-state index contributed by atoms with van der Waals surface area (Å²) in [7, 11) is 0. The van der Waals surface area contributed by atoms with Gasteiger partial charge in [0.1, 0.15) is 5.41 Å². The smallest absolute Gasteiger partial charge is 0.315 e. The normalized spacial score (nSPS) is 14.6. The molecule has 0 aromatic heterocycles. The Morgan fingerprint density at radius 2 is 1.94 bits per heavy atom. The summed E-state index contributed by atoms with van der Waals surface area (Å²) in [5.41, 5.74) is 5.61. The topological polar surface area (TPSA) is 63.3 Å². The van der Waals surface area contributed by atoms with Gasteiger partial charge in [-0.3, -0.25) is 4.79 Å². The summed E-state index contributed by atoms with van der Waals surface area (Å²) < 4.78 is 0. The van der Waals surface area contributed by atoms with Crippen molar-refractivity contribution < 1.29 is 9.90 Å². The highest BCUT2D eigenvalue weighted by molar-refractivity contribution is 5.81. The zero-order chi connectivity index (χ0) is 12.9. The Balaban J connectivity index is 3.05. The molecule has 0 aliphatic carbocycles. The van der Waals surface area contributed by atoms with Crippen molar-refractivity contribution in [3.63, 3.8) is 0 Å². The molecule has 0 fully saturated rings. The van der Waals surface area contributed by atoms with Gasteiger partial charge >= 0.3 is 5.97 Å². The molecule has 0 spiro atoms. The lowest BCUT2D eigenvalue weighted by atomic mass is 9.75. The predicted octanol–water partition coefficient (Wildman–Crippen LogP) is 2.40. The van der Waals surface area contributed by atoms with Crippen LogP contribution in [0, 0.1) is 5.92 Å². The highest BCUT2D eigenvalue weighted by Crippen LogP contribution is 2.30. The molecule has 3 heteroatoms. The largest absolute Gasteiger partial charge is 0.481 e. The molecule has 1 atom stereocenters. The van der Waals surface area contributed by atoms with Crippen molar-refractivity contribution in [3.8, 4) is 0 Å². The van der Waals surface area contributed by atoms with Gasteiger partial charge in [-0.1, -0.05) is 44.2 Å². The second-order valence-electron chi connectivity index (χ2n) is 4.89. The summed E-state index contributed by atoms with van der Waals surface area (Å²) in [6.45, 7) is 4.32. The zero-order valence-electron chi connectivity index (χ0n) is 10.5. The number of carbonyl (C=O) groups is 1. The molecule has 0 amide bonds. The molecule has 94 valence electrons. The zero-order valence-corrected chi connectivity index (χ0v) is 10.5. The summed E-state index contributed by atoms with van der Waals surface area (Å²) >= 11 is 0. The van der Waals surface area contributed by atoms with Gasteiger partial charge in [-0.15, -0.1) is 0 Å². The minimum absolute atomic E-state index is 0.138. The summed E-state index contributed by atoms with van der Waals surface area (Å²) in [4.78, 5) is 11.6. The van der Waals surface area contributed by atoms with Crippen LogP contribution in [0.15, 0.2) is 30.3 Å². The van der Waals surface area contributed by atoms with Crippen LogP contribution in [0.3, 0.4) is 0 Å². The predicted molar refractivity (Wildman–Crippen MR) is 68.9 cm³/mol. The highest BCUT2D eigenvalue weighted by atomic mass is 16.4. The summed E-state index contributed by atoms with van der Waals surface area (Å²) in [5, 5.41) is 9.51. The second kappa shape index (κ2) is 5.82. The summed E-state index contributed by atoms with van der Waals surface area (Å²) in [6.07, 6.45) is 1.44. The first-order valence-corrected chi connectivity index (χ1v) is 6.02. The molecule has 1 rings (SSSR count). The first-order chi connectivity index (χ1) is 8.03. The first kappa shape index (κ1) is 13.7. The average molecular weight is 235 g/mol. The Morgan fingerprint density at radius 3 is 2.35 bits per heavy atom. The summed E-state index contributed by atoms with van der Waals surface area (Å²) in [6, 6.07) is 9.30. The van der Waals surface area contributed by atoms with E-state index in [1.165, 1.54) is 0 Å². The third-order valence-electron chi connectivity index (χ3n) is 3.23. The number of hydrogen-bond donors (Lipinski definition) is 2. The van der Waals surface area contributed by atoms with E-state index in [1.807, 2.05) is 30.3 Å². The van der Waals surface area contributed by atoms with Crippen molar-refractivity contribution in [1.82, 2.24) is 0 Å². The van der Waals surface area contributed by atoms with Gasteiger partial charge in [-0.25, -0.2) is 0 Å². The lowest BCUT2D eigenvalue weighted by molar-refractivity contribution is -0.143. The lowest BCUT2D eigenvalue weighted by Crippen LogP contribution is -2.43. The van der Waals surface area contributed by atoms with Crippen LogP contribution in [-0.4, -0.2) is 17.6 Å². The third-order valence-corrected chi connectivity index (χ3v) is 3.23. The van der Waals surface area contributed by atoms with E-state index in [2.05, 4.69) is 13.8 Å². The van der Waals surface area contributed by atoms with Crippen LogP contribution in [-0.2, 0) is 10.2 Å². The Hall–Kier alpha value is -1.35. The number of aliphatic carboxylic acids is 1. The standard InChI is InChI=1S/C14H21NO2/c1-11(2)8-9-14(10-15,13(16)17)12-6-4-3-5-7-12/h3-7,11H,8-10,15H2,1-2H3,(H,16,17). The molecular formula is C14H21NO2. The number of nitrogens with two attached hydrogens (primary N) is 1. The van der Waals surface area contributed by atoms with E-state index in [9.17, 15) is 9.90 Å². The van der Waals surface area contributed by atoms with Crippen molar-refractivity contribution in [3.05, 3.63) is 35.9 Å². The molecule has 0 bridgehead atoms. The number of carboxylic acid groups (broad SMARTS) is 1. The van der Waals surface area contributed by atoms with E-state index >= 15 is 0 Å². The van der Waals surface area contributed by atoms with E-state index in [-0.39, 0.29) is 6.54 Å². The molecule has 0 saturated heterocycles. The molecule has 17 heavy (non-hydrogen) atoms. The first-order valence-electron chi connectivity index (χ1n) is 6.02. The maximum Gasteiger partial charge on any atom is 0.315 e. The van der Waals surface area contributed by atoms with Crippen LogP contribution >= 0.6 is 0 Å². The lowest BCUT2D eigenvalue weighted by Gasteiger charge is -2.29. The molecule has 1 aromatic rings. The number of rotatable bonds is 6. The molecule has 1 aromatic carbocycles. The molecule has 0 aliphatic rings. The third kappa shape index (κ3) is 3.07. The van der Waals surface area contributed by atoms with Crippen molar-refractivity contribution in [1.29, 1.82) is 0 Å². The minimum Gasteiger partial charge on any atom is -0.481 e. The van der Waals surface area contributed by atoms with Gasteiger partial charge in [-0.05, 0) is 24.3 Å². The van der Waals surface area contributed by atoms with E-state index in [4.69, 9.17) is 5.73 Å². The van der Waals surface area contributed by atoms with Gasteiger partial charge in [0.25, 0.3) is 0 Å². The Bertz CT molecular complexity index is 362. The van der Waals surface area contributed by atoms with Crippen molar-refractivity contribution in [2.45, 2.75) is 32.1 Å². The minimum atomic E-state index is -0.939. The van der Waals surface area contributed by atoms with Crippen LogP contribution in [0.25, 0.3) is 0 Å². The van der Waals surface area contributed by atoms with Crippen LogP contribution in [0.5, 0.6) is 0 Å². The van der Waals surface area contributed by atoms with Gasteiger partial charge in [0.15, 0.2) is 0 Å². The van der Waals surface area contributed by atoms with E-state index in [0.29, 0.717) is 12.3 Å². The maximum atomic E-state index is 11.6. The van der Waals surface area contributed by atoms with Crippen molar-refractivity contribution >= 4 is 5.97 Å². The molecule has 3 N–H and O–H groups in total. The average Bonchev–Trinajstić information content (AvgIpc) is 2.31. The van der Waals surface area contributed by atoms with Crippen LogP contribution < -0.4 is 5.73 Å². The fraction of sp³-hybridized carbons (Fsp3) is 0.500. The Kier molecular flexibility index (Phi) is 4.70. The molecule has 3 nitrogen and oxygen atoms in total. The van der Waals surface area contributed by atoms with E-state index < -0.39 is 11.4 Å². The second-order valence-corrected chi connectivity index (χ2v) is 4.89. The van der Waals surface area contributed by atoms with Gasteiger partial charge in [-0.2, -0.15) is 0 Å². The SMILES string of the molecule is CC(C)CCC(CN)(C(=O)O)c1ccccc1. The number of benzene rings is 1. The molecular weight excluding hydrogens is 214 g/mol. The number of carboxylic acids is 1. The summed E-state index contributed by atoms with van der Waals surface area (Å²) in [5.74, 6) is -0.351.